The van der Waals surface area contributed by atoms with Gasteiger partial charge in [0.25, 0.3) is 0 Å². The Morgan fingerprint density at radius 1 is 0.929 bits per heavy atom. The molecule has 1 aromatic carbocycles. The molecule has 28 heavy (non-hydrogen) atoms. The second-order valence-corrected chi connectivity index (χ2v) is 8.05. The van der Waals surface area contributed by atoms with Crippen LogP contribution in [0.5, 0.6) is 0 Å². The summed E-state index contributed by atoms with van der Waals surface area (Å²) in [4.78, 5) is 28.5. The number of piperazine rings is 1. The molecule has 6 nitrogen and oxygen atoms in total. The Morgan fingerprint density at radius 2 is 1.46 bits per heavy atom. The van der Waals surface area contributed by atoms with Gasteiger partial charge in [-0.25, -0.2) is 4.39 Å². The second-order valence-electron chi connectivity index (χ2n) is 8.05. The lowest BCUT2D eigenvalue weighted by Gasteiger charge is -2.34. The van der Waals surface area contributed by atoms with Gasteiger partial charge in [-0.05, 0) is 49.9 Å². The highest BCUT2D eigenvalue weighted by molar-refractivity contribution is 5.92. The van der Waals surface area contributed by atoms with Crippen molar-refractivity contribution in [1.29, 1.82) is 0 Å². The number of nitrogens with one attached hydrogen (secondary N) is 2. The molecular weight excluding hydrogens is 359 g/mol. The average molecular weight is 393 g/mol. The molecule has 0 aromatic heterocycles. The number of rotatable bonds is 9. The van der Waals surface area contributed by atoms with Gasteiger partial charge in [0.15, 0.2) is 0 Å². The maximum atomic E-state index is 12.9. The van der Waals surface area contributed by atoms with Gasteiger partial charge in [0.05, 0.1) is 13.1 Å². The van der Waals surface area contributed by atoms with Gasteiger partial charge < -0.3 is 10.6 Å². The lowest BCUT2D eigenvalue weighted by Crippen LogP contribution is -2.51. The summed E-state index contributed by atoms with van der Waals surface area (Å²) in [5.41, 5.74) is 0.591. The zero-order valence-electron chi connectivity index (χ0n) is 17.2. The van der Waals surface area contributed by atoms with Gasteiger partial charge in [-0.15, -0.1) is 0 Å². The van der Waals surface area contributed by atoms with Crippen molar-refractivity contribution in [3.05, 3.63) is 30.1 Å². The SMILES string of the molecule is CC(C)CC[C@H](C)NC(=O)CN1CCN(CC(=O)Nc2ccc(F)cc2)CC1. The Bertz CT molecular complexity index is 628. The van der Waals surface area contributed by atoms with E-state index < -0.39 is 0 Å². The van der Waals surface area contributed by atoms with E-state index in [1.165, 1.54) is 12.1 Å². The maximum Gasteiger partial charge on any atom is 0.238 e. The van der Waals surface area contributed by atoms with E-state index in [9.17, 15) is 14.0 Å². The molecule has 0 unspecified atom stereocenters. The Hall–Kier alpha value is -1.99. The van der Waals surface area contributed by atoms with Crippen molar-refractivity contribution in [3.8, 4) is 0 Å². The van der Waals surface area contributed by atoms with Crippen molar-refractivity contribution < 1.29 is 14.0 Å². The third-order valence-electron chi connectivity index (χ3n) is 4.91. The Morgan fingerprint density at radius 3 is 2.00 bits per heavy atom. The molecule has 0 bridgehead atoms. The molecule has 0 aliphatic carbocycles. The molecule has 7 heteroatoms. The van der Waals surface area contributed by atoms with E-state index in [0.29, 0.717) is 24.7 Å². The molecule has 1 saturated heterocycles. The topological polar surface area (TPSA) is 64.7 Å². The van der Waals surface area contributed by atoms with Gasteiger partial charge in [-0.2, -0.15) is 0 Å². The molecule has 1 aliphatic rings. The molecule has 156 valence electrons. The largest absolute Gasteiger partial charge is 0.353 e. The van der Waals surface area contributed by atoms with Crippen LogP contribution in [0, 0.1) is 11.7 Å². The fourth-order valence-electron chi connectivity index (χ4n) is 3.22. The molecule has 2 rings (SSSR count). The van der Waals surface area contributed by atoms with Crippen LogP contribution in [-0.2, 0) is 9.59 Å². The third-order valence-corrected chi connectivity index (χ3v) is 4.91. The molecule has 1 atom stereocenters. The zero-order chi connectivity index (χ0) is 20.5. The van der Waals surface area contributed by atoms with Crippen molar-refractivity contribution in [2.75, 3.05) is 44.6 Å². The van der Waals surface area contributed by atoms with Crippen molar-refractivity contribution in [2.24, 2.45) is 5.92 Å². The minimum absolute atomic E-state index is 0.0683. The molecule has 1 fully saturated rings. The summed E-state index contributed by atoms with van der Waals surface area (Å²) < 4.78 is 12.9. The van der Waals surface area contributed by atoms with E-state index in [-0.39, 0.29) is 23.7 Å². The summed E-state index contributed by atoms with van der Waals surface area (Å²) in [7, 11) is 0. The highest BCUT2D eigenvalue weighted by atomic mass is 19.1. The van der Waals surface area contributed by atoms with E-state index in [4.69, 9.17) is 0 Å². The molecule has 0 saturated carbocycles. The summed E-state index contributed by atoms with van der Waals surface area (Å²) in [6.07, 6.45) is 2.11. The van der Waals surface area contributed by atoms with Crippen LogP contribution in [0.25, 0.3) is 0 Å². The Balaban J connectivity index is 1.64. The van der Waals surface area contributed by atoms with Gasteiger partial charge in [-0.1, -0.05) is 13.8 Å². The first kappa shape index (κ1) is 22.3. The smallest absolute Gasteiger partial charge is 0.238 e. The van der Waals surface area contributed by atoms with Crippen LogP contribution in [0.4, 0.5) is 10.1 Å². The first-order valence-corrected chi connectivity index (χ1v) is 10.1. The van der Waals surface area contributed by atoms with E-state index >= 15 is 0 Å². The lowest BCUT2D eigenvalue weighted by atomic mass is 10.0. The van der Waals surface area contributed by atoms with Crippen LogP contribution in [0.2, 0.25) is 0 Å². The predicted molar refractivity (Wildman–Crippen MR) is 110 cm³/mol. The third kappa shape index (κ3) is 8.35. The number of halogens is 1. The van der Waals surface area contributed by atoms with Gasteiger partial charge in [-0.3, -0.25) is 19.4 Å². The molecule has 2 amide bonds. The second kappa shape index (κ2) is 11.1. The first-order valence-electron chi connectivity index (χ1n) is 10.1. The number of hydrogen-bond donors (Lipinski definition) is 2. The summed E-state index contributed by atoms with van der Waals surface area (Å²) >= 11 is 0. The van der Waals surface area contributed by atoms with Gasteiger partial charge in [0.2, 0.25) is 11.8 Å². The van der Waals surface area contributed by atoms with Crippen molar-refractivity contribution in [3.63, 3.8) is 0 Å². The minimum Gasteiger partial charge on any atom is -0.353 e. The molecular formula is C21H33FN4O2. The van der Waals surface area contributed by atoms with E-state index in [2.05, 4.69) is 41.2 Å². The van der Waals surface area contributed by atoms with Crippen LogP contribution in [0.3, 0.4) is 0 Å². The number of nitrogens with zero attached hydrogens (tertiary/aromatic N) is 2. The molecule has 1 aromatic rings. The molecule has 1 heterocycles. The zero-order valence-corrected chi connectivity index (χ0v) is 17.2. The van der Waals surface area contributed by atoms with Gasteiger partial charge in [0, 0.05) is 37.9 Å². The number of hydrogen-bond acceptors (Lipinski definition) is 4. The first-order chi connectivity index (χ1) is 13.3. The van der Waals surface area contributed by atoms with E-state index in [0.717, 1.165) is 39.0 Å². The minimum atomic E-state index is -0.326. The van der Waals surface area contributed by atoms with E-state index in [1.54, 1.807) is 12.1 Å². The molecule has 0 radical (unpaired) electrons. The monoisotopic (exact) mass is 392 g/mol. The molecule has 0 spiro atoms. The number of carbonyl (C=O) groups is 2. The number of anilines is 1. The predicted octanol–water partition coefficient (Wildman–Crippen LogP) is 2.32. The number of amides is 2. The fourth-order valence-corrected chi connectivity index (χ4v) is 3.22. The van der Waals surface area contributed by atoms with Crippen LogP contribution < -0.4 is 10.6 Å². The fraction of sp³-hybridized carbons (Fsp3) is 0.619. The summed E-state index contributed by atoms with van der Waals surface area (Å²) in [5.74, 6) is 0.274. The summed E-state index contributed by atoms with van der Waals surface area (Å²) in [6.45, 7) is 10.1. The standard InChI is InChI=1S/C21H33FN4O2/c1-16(2)4-5-17(3)23-20(27)14-25-10-12-26(13-11-25)15-21(28)24-19-8-6-18(22)7-9-19/h6-9,16-17H,4-5,10-15H2,1-3H3,(H,23,27)(H,24,28)/t17-/m0/s1. The van der Waals surface area contributed by atoms with Crippen molar-refractivity contribution in [1.82, 2.24) is 15.1 Å². The molecule has 1 aliphatic heterocycles. The highest BCUT2D eigenvalue weighted by Gasteiger charge is 2.21. The van der Waals surface area contributed by atoms with Crippen molar-refractivity contribution >= 4 is 17.5 Å². The quantitative estimate of drug-likeness (QED) is 0.677. The van der Waals surface area contributed by atoms with Crippen LogP contribution in [0.15, 0.2) is 24.3 Å². The summed E-state index contributed by atoms with van der Waals surface area (Å²) in [5, 5.41) is 5.85. The lowest BCUT2D eigenvalue weighted by molar-refractivity contribution is -0.124. The van der Waals surface area contributed by atoms with Gasteiger partial charge in [0.1, 0.15) is 5.82 Å². The van der Waals surface area contributed by atoms with Crippen LogP contribution in [0.1, 0.15) is 33.6 Å². The van der Waals surface area contributed by atoms with Crippen molar-refractivity contribution in [2.45, 2.75) is 39.7 Å². The van der Waals surface area contributed by atoms with Crippen LogP contribution in [-0.4, -0.2) is 66.9 Å². The highest BCUT2D eigenvalue weighted by Crippen LogP contribution is 2.09. The normalized spacial score (nSPS) is 16.8. The van der Waals surface area contributed by atoms with Crippen LogP contribution >= 0.6 is 0 Å². The number of benzene rings is 1. The Kier molecular flexibility index (Phi) is 8.86. The number of carbonyl (C=O) groups excluding carboxylic acids is 2. The maximum absolute atomic E-state index is 12.9. The van der Waals surface area contributed by atoms with E-state index in [1.807, 2.05) is 0 Å². The average Bonchev–Trinajstić information content (AvgIpc) is 2.63. The molecule has 2 N–H and O–H groups in total. The summed E-state index contributed by atoms with van der Waals surface area (Å²) in [6, 6.07) is 5.94. The Labute approximate surface area is 167 Å². The van der Waals surface area contributed by atoms with Gasteiger partial charge >= 0.3 is 0 Å².